The van der Waals surface area contributed by atoms with Crippen molar-refractivity contribution in [1.29, 1.82) is 0 Å². The number of ether oxygens (including phenoxy) is 3. The van der Waals surface area contributed by atoms with Crippen LogP contribution in [0.3, 0.4) is 0 Å². The zero-order valence-electron chi connectivity index (χ0n) is 19.9. The fourth-order valence-corrected chi connectivity index (χ4v) is 4.94. The van der Waals surface area contributed by atoms with Crippen molar-refractivity contribution in [1.82, 2.24) is 13.7 Å². The second-order valence-electron chi connectivity index (χ2n) is 8.58. The van der Waals surface area contributed by atoms with Crippen LogP contribution in [-0.4, -0.2) is 34.0 Å². The van der Waals surface area contributed by atoms with Gasteiger partial charge in [0.05, 0.1) is 42.6 Å². The van der Waals surface area contributed by atoms with E-state index in [0.717, 1.165) is 27.1 Å². The Labute approximate surface area is 196 Å². The average Bonchev–Trinajstić information content (AvgIpc) is 3.20. The average molecular weight is 462 g/mol. The highest BCUT2D eigenvalue weighted by Gasteiger charge is 2.35. The molecule has 2 aromatic carbocycles. The number of hydrogen-bond donors (Lipinski definition) is 0. The third kappa shape index (κ3) is 3.17. The number of hydrogen-bond acceptors (Lipinski definition) is 5. The Morgan fingerprint density at radius 1 is 0.941 bits per heavy atom. The normalized spacial score (nSPS) is 17.6. The number of rotatable bonds is 4. The first-order valence-electron chi connectivity index (χ1n) is 11.1. The van der Waals surface area contributed by atoms with Crippen LogP contribution < -0.4 is 20.7 Å². The molecule has 0 saturated heterocycles. The topological polar surface area (TPSA) is 76.6 Å². The van der Waals surface area contributed by atoms with E-state index in [1.807, 2.05) is 55.5 Å². The third-order valence-corrected chi connectivity index (χ3v) is 6.52. The molecule has 0 N–H and O–H groups in total. The van der Waals surface area contributed by atoms with Gasteiger partial charge in [-0.05, 0) is 30.2 Å². The van der Waals surface area contributed by atoms with E-state index in [2.05, 4.69) is 4.57 Å². The van der Waals surface area contributed by atoms with Crippen LogP contribution in [0.25, 0.3) is 22.2 Å². The molecule has 0 fully saturated rings. The number of aromatic nitrogens is 3. The standard InChI is InChI=1S/C26H27N3O5/c1-15-14-29-21(16-9-7-6-8-10-16)20-22(27(2)26(31)28(3)25(20)30)23(29)24(34-15)17-11-12-18(32-4)19(13-17)33-5/h6-13,15,24H,14H2,1-5H3/t15-,24-/m0/s1. The van der Waals surface area contributed by atoms with Gasteiger partial charge in [-0.15, -0.1) is 0 Å². The van der Waals surface area contributed by atoms with E-state index >= 15 is 0 Å². The van der Waals surface area contributed by atoms with Crippen LogP contribution in [0.5, 0.6) is 11.5 Å². The van der Waals surface area contributed by atoms with Gasteiger partial charge in [0.1, 0.15) is 6.10 Å². The highest BCUT2D eigenvalue weighted by atomic mass is 16.5. The molecule has 0 saturated carbocycles. The fourth-order valence-electron chi connectivity index (χ4n) is 4.94. The van der Waals surface area contributed by atoms with Crippen molar-refractivity contribution in [3.63, 3.8) is 0 Å². The van der Waals surface area contributed by atoms with Gasteiger partial charge in [0.25, 0.3) is 5.56 Å². The van der Waals surface area contributed by atoms with Gasteiger partial charge in [-0.3, -0.25) is 13.9 Å². The molecule has 5 rings (SSSR count). The maximum atomic E-state index is 13.5. The van der Waals surface area contributed by atoms with Crippen molar-refractivity contribution in [3.8, 4) is 22.8 Å². The first-order chi connectivity index (χ1) is 16.4. The Hall–Kier alpha value is -3.78. The van der Waals surface area contributed by atoms with E-state index in [0.29, 0.717) is 28.9 Å². The molecule has 0 bridgehead atoms. The molecule has 0 amide bonds. The minimum absolute atomic E-state index is 0.129. The van der Waals surface area contributed by atoms with E-state index in [9.17, 15) is 9.59 Å². The predicted octanol–water partition coefficient (Wildman–Crippen LogP) is 3.23. The van der Waals surface area contributed by atoms with E-state index in [4.69, 9.17) is 14.2 Å². The van der Waals surface area contributed by atoms with Gasteiger partial charge in [-0.2, -0.15) is 0 Å². The van der Waals surface area contributed by atoms with Gasteiger partial charge >= 0.3 is 5.69 Å². The Bertz CT molecular complexity index is 1510. The lowest BCUT2D eigenvalue weighted by atomic mass is 10.0. The Morgan fingerprint density at radius 2 is 1.65 bits per heavy atom. The summed E-state index contributed by atoms with van der Waals surface area (Å²) < 4.78 is 22.2. The molecule has 8 nitrogen and oxygen atoms in total. The lowest BCUT2D eigenvalue weighted by Crippen LogP contribution is -2.37. The van der Waals surface area contributed by atoms with E-state index in [1.165, 1.54) is 7.05 Å². The summed E-state index contributed by atoms with van der Waals surface area (Å²) in [7, 11) is 6.39. The summed E-state index contributed by atoms with van der Waals surface area (Å²) in [5.74, 6) is 1.19. The lowest BCUT2D eigenvalue weighted by molar-refractivity contribution is -0.0143. The highest BCUT2D eigenvalue weighted by molar-refractivity contribution is 5.96. The molecular formula is C26H27N3O5. The van der Waals surface area contributed by atoms with Gasteiger partial charge in [0, 0.05) is 20.6 Å². The Balaban J connectivity index is 1.91. The smallest absolute Gasteiger partial charge is 0.331 e. The summed E-state index contributed by atoms with van der Waals surface area (Å²) in [4.78, 5) is 26.4. The van der Waals surface area contributed by atoms with Crippen molar-refractivity contribution in [2.24, 2.45) is 14.1 Å². The van der Waals surface area contributed by atoms with Crippen molar-refractivity contribution in [2.75, 3.05) is 14.2 Å². The van der Waals surface area contributed by atoms with Gasteiger partial charge in [0.15, 0.2) is 11.5 Å². The van der Waals surface area contributed by atoms with Gasteiger partial charge in [-0.25, -0.2) is 4.79 Å². The lowest BCUT2D eigenvalue weighted by Gasteiger charge is -2.32. The molecule has 1 aliphatic heterocycles. The minimum atomic E-state index is -0.513. The van der Waals surface area contributed by atoms with E-state index < -0.39 is 6.10 Å². The molecule has 0 spiro atoms. The maximum absolute atomic E-state index is 13.5. The molecule has 2 atom stereocenters. The molecule has 3 heterocycles. The molecule has 0 unspecified atom stereocenters. The molecule has 34 heavy (non-hydrogen) atoms. The SMILES string of the molecule is COc1ccc([C@@H]2O[C@@H](C)Cn3c(-c4ccccc4)c4c(=O)n(C)c(=O)n(C)c4c32)cc1OC. The quantitative estimate of drug-likeness (QED) is 0.466. The molecule has 0 radical (unpaired) electrons. The Morgan fingerprint density at radius 3 is 2.32 bits per heavy atom. The van der Waals surface area contributed by atoms with E-state index in [1.54, 1.807) is 25.8 Å². The van der Waals surface area contributed by atoms with Crippen LogP contribution in [0.4, 0.5) is 0 Å². The summed E-state index contributed by atoms with van der Waals surface area (Å²) in [5.41, 5.74) is 3.21. The first-order valence-corrected chi connectivity index (χ1v) is 11.1. The largest absolute Gasteiger partial charge is 0.493 e. The number of benzene rings is 2. The van der Waals surface area contributed by atoms with Crippen LogP contribution in [-0.2, 0) is 25.4 Å². The third-order valence-electron chi connectivity index (χ3n) is 6.52. The van der Waals surface area contributed by atoms with Crippen molar-refractivity contribution in [3.05, 3.63) is 80.6 Å². The number of nitrogens with zero attached hydrogens (tertiary/aromatic N) is 3. The molecule has 2 aromatic heterocycles. The molecule has 1 aliphatic rings. The maximum Gasteiger partial charge on any atom is 0.331 e. The van der Waals surface area contributed by atoms with Crippen LogP contribution in [0.2, 0.25) is 0 Å². The summed E-state index contributed by atoms with van der Waals surface area (Å²) in [6, 6.07) is 15.4. The highest BCUT2D eigenvalue weighted by Crippen LogP contribution is 2.43. The van der Waals surface area contributed by atoms with Gasteiger partial charge < -0.3 is 18.8 Å². The summed E-state index contributed by atoms with van der Waals surface area (Å²) in [5, 5.41) is 0.508. The fraction of sp³-hybridized carbons (Fsp3) is 0.308. The predicted molar refractivity (Wildman–Crippen MR) is 130 cm³/mol. The van der Waals surface area contributed by atoms with E-state index in [-0.39, 0.29) is 17.4 Å². The van der Waals surface area contributed by atoms with Crippen molar-refractivity contribution < 1.29 is 14.2 Å². The number of aryl methyl sites for hydroxylation is 1. The first kappa shape index (κ1) is 22.0. The van der Waals surface area contributed by atoms with Crippen LogP contribution in [0.15, 0.2) is 58.1 Å². The van der Waals surface area contributed by atoms with Gasteiger partial charge in [-0.1, -0.05) is 36.4 Å². The molecular weight excluding hydrogens is 434 g/mol. The minimum Gasteiger partial charge on any atom is -0.493 e. The monoisotopic (exact) mass is 461 g/mol. The zero-order chi connectivity index (χ0) is 24.1. The molecule has 176 valence electrons. The van der Waals surface area contributed by atoms with Crippen LogP contribution in [0, 0.1) is 0 Å². The van der Waals surface area contributed by atoms with Crippen LogP contribution >= 0.6 is 0 Å². The second-order valence-corrected chi connectivity index (χ2v) is 8.58. The van der Waals surface area contributed by atoms with Crippen LogP contribution in [0.1, 0.15) is 24.3 Å². The molecule has 4 aromatic rings. The number of methoxy groups -OCH3 is 2. The van der Waals surface area contributed by atoms with Crippen molar-refractivity contribution >= 4 is 10.9 Å². The summed E-state index contributed by atoms with van der Waals surface area (Å²) in [6.07, 6.45) is -0.642. The summed E-state index contributed by atoms with van der Waals surface area (Å²) in [6.45, 7) is 2.56. The van der Waals surface area contributed by atoms with Crippen molar-refractivity contribution in [2.45, 2.75) is 25.7 Å². The summed E-state index contributed by atoms with van der Waals surface area (Å²) >= 11 is 0. The zero-order valence-corrected chi connectivity index (χ0v) is 19.9. The molecule has 8 heteroatoms. The second kappa shape index (κ2) is 8.22. The van der Waals surface area contributed by atoms with Gasteiger partial charge in [0.2, 0.25) is 0 Å². The Kier molecular flexibility index (Phi) is 5.32. The number of fused-ring (bicyclic) bond motifs is 3. The molecule has 0 aliphatic carbocycles.